The number of hydrogen-bond acceptors (Lipinski definition) is 3. The molecular formula is C18H21NO4. The van der Waals surface area contributed by atoms with Crippen molar-refractivity contribution in [3.63, 3.8) is 0 Å². The van der Waals surface area contributed by atoms with Gasteiger partial charge in [0.05, 0.1) is 11.5 Å². The summed E-state index contributed by atoms with van der Waals surface area (Å²) in [5.41, 5.74) is 3.42. The Morgan fingerprint density at radius 3 is 2.61 bits per heavy atom. The molecule has 1 aromatic carbocycles. The number of carboxylic acids is 1. The highest BCUT2D eigenvalue weighted by atomic mass is 16.4. The predicted molar refractivity (Wildman–Crippen MR) is 86.5 cm³/mol. The van der Waals surface area contributed by atoms with Crippen LogP contribution in [0.2, 0.25) is 0 Å². The summed E-state index contributed by atoms with van der Waals surface area (Å²) in [7, 11) is 0. The van der Waals surface area contributed by atoms with E-state index < -0.39 is 11.9 Å². The smallest absolute Gasteiger partial charge is 0.308 e. The first-order valence-electron chi connectivity index (χ1n) is 7.90. The first-order chi connectivity index (χ1) is 10.9. The largest absolute Gasteiger partial charge is 0.481 e. The van der Waals surface area contributed by atoms with Crippen LogP contribution in [0.15, 0.2) is 22.8 Å². The second-order valence-electron chi connectivity index (χ2n) is 6.50. The lowest BCUT2D eigenvalue weighted by Gasteiger charge is -2.36. The van der Waals surface area contributed by atoms with Crippen LogP contribution in [0.3, 0.4) is 0 Å². The summed E-state index contributed by atoms with van der Waals surface area (Å²) in [6.07, 6.45) is 2.81. The van der Waals surface area contributed by atoms with Crippen LogP contribution in [0.1, 0.15) is 41.3 Å². The molecule has 23 heavy (non-hydrogen) atoms. The molecule has 1 aliphatic rings. The molecule has 1 saturated heterocycles. The summed E-state index contributed by atoms with van der Waals surface area (Å²) >= 11 is 0. The Bertz CT molecular complexity index is 777. The number of amides is 1. The van der Waals surface area contributed by atoms with Gasteiger partial charge in [-0.15, -0.1) is 0 Å². The van der Waals surface area contributed by atoms with Crippen LogP contribution in [0.25, 0.3) is 11.0 Å². The van der Waals surface area contributed by atoms with Crippen molar-refractivity contribution in [2.75, 3.05) is 6.54 Å². The monoisotopic (exact) mass is 315 g/mol. The van der Waals surface area contributed by atoms with Crippen LogP contribution < -0.4 is 0 Å². The molecule has 0 aliphatic carbocycles. The van der Waals surface area contributed by atoms with E-state index in [1.165, 1.54) is 6.26 Å². The molecule has 122 valence electrons. The Morgan fingerprint density at radius 1 is 1.22 bits per heavy atom. The molecule has 0 radical (unpaired) electrons. The Kier molecular flexibility index (Phi) is 3.88. The maximum Gasteiger partial charge on any atom is 0.308 e. The molecule has 0 spiro atoms. The molecule has 0 saturated carbocycles. The molecule has 2 heterocycles. The number of likely N-dealkylation sites (tertiary alicyclic amines) is 1. The third-order valence-electron chi connectivity index (χ3n) is 4.91. The molecular weight excluding hydrogens is 294 g/mol. The molecule has 2 atom stereocenters. The number of furan rings is 1. The number of fused-ring (bicyclic) bond motifs is 1. The number of rotatable bonds is 2. The minimum Gasteiger partial charge on any atom is -0.481 e. The number of carbonyl (C=O) groups excluding carboxylic acids is 1. The van der Waals surface area contributed by atoms with Gasteiger partial charge in [0.2, 0.25) is 0 Å². The third kappa shape index (κ3) is 2.71. The van der Waals surface area contributed by atoms with E-state index in [1.54, 1.807) is 4.90 Å². The molecule has 5 nitrogen and oxygen atoms in total. The van der Waals surface area contributed by atoms with Crippen LogP contribution in [0.4, 0.5) is 0 Å². The van der Waals surface area contributed by atoms with Crippen molar-refractivity contribution in [2.45, 2.75) is 39.7 Å². The Morgan fingerprint density at radius 2 is 1.91 bits per heavy atom. The van der Waals surface area contributed by atoms with Crippen LogP contribution in [-0.2, 0) is 4.79 Å². The van der Waals surface area contributed by atoms with Gasteiger partial charge >= 0.3 is 5.97 Å². The highest BCUT2D eigenvalue weighted by molar-refractivity contribution is 6.06. The van der Waals surface area contributed by atoms with Crippen molar-refractivity contribution in [1.29, 1.82) is 0 Å². The van der Waals surface area contributed by atoms with Crippen LogP contribution in [0, 0.1) is 19.8 Å². The minimum absolute atomic E-state index is 0.0367. The summed E-state index contributed by atoms with van der Waals surface area (Å²) in [6, 6.07) is 3.93. The van der Waals surface area contributed by atoms with Crippen LogP contribution in [-0.4, -0.2) is 34.5 Å². The molecule has 1 aliphatic heterocycles. The maximum atomic E-state index is 12.9. The number of nitrogens with zero attached hydrogens (tertiary/aromatic N) is 1. The molecule has 5 heteroatoms. The average Bonchev–Trinajstić information content (AvgIpc) is 2.90. The van der Waals surface area contributed by atoms with Crippen LogP contribution in [0.5, 0.6) is 0 Å². The normalized spacial score (nSPS) is 21.6. The molecule has 3 rings (SSSR count). The van der Waals surface area contributed by atoms with Crippen LogP contribution >= 0.6 is 0 Å². The lowest BCUT2D eigenvalue weighted by Crippen LogP contribution is -2.47. The minimum atomic E-state index is -0.835. The second kappa shape index (κ2) is 5.72. The van der Waals surface area contributed by atoms with E-state index in [0.717, 1.165) is 16.5 Å². The van der Waals surface area contributed by atoms with Gasteiger partial charge < -0.3 is 14.4 Å². The Balaban J connectivity index is 1.96. The third-order valence-corrected chi connectivity index (χ3v) is 4.91. The number of carboxylic acid groups (broad SMARTS) is 1. The standard InChI is InChI=1S/C18H21NO4/c1-10-6-14-15(9-23-16(14)7-11(10)2)17(20)19-8-13(18(21)22)5-4-12(19)3/h6-7,9,12-13H,4-5,8H2,1-3H3,(H,21,22). The van der Waals surface area contributed by atoms with E-state index in [2.05, 4.69) is 0 Å². The van der Waals surface area contributed by atoms with Crippen molar-refractivity contribution >= 4 is 22.8 Å². The fourth-order valence-electron chi connectivity index (χ4n) is 3.20. The summed E-state index contributed by atoms with van der Waals surface area (Å²) < 4.78 is 5.54. The van der Waals surface area contributed by atoms with E-state index in [4.69, 9.17) is 4.42 Å². The zero-order chi connectivity index (χ0) is 16.7. The zero-order valence-electron chi connectivity index (χ0n) is 13.6. The van der Waals surface area contributed by atoms with E-state index >= 15 is 0 Å². The SMILES string of the molecule is Cc1cc2occ(C(=O)N3CC(C(=O)O)CCC3C)c2cc1C. The topological polar surface area (TPSA) is 70.8 Å². The number of hydrogen-bond donors (Lipinski definition) is 1. The van der Waals surface area contributed by atoms with E-state index in [-0.39, 0.29) is 18.5 Å². The van der Waals surface area contributed by atoms with E-state index in [9.17, 15) is 14.7 Å². The van der Waals surface area contributed by atoms with Gasteiger partial charge in [-0.25, -0.2) is 0 Å². The van der Waals surface area contributed by atoms with Gasteiger partial charge in [0.1, 0.15) is 11.8 Å². The molecule has 1 aromatic heterocycles. The van der Waals surface area contributed by atoms with Gasteiger partial charge in [-0.3, -0.25) is 9.59 Å². The molecule has 2 aromatic rings. The Labute approximate surface area is 134 Å². The highest BCUT2D eigenvalue weighted by Crippen LogP contribution is 2.29. The zero-order valence-corrected chi connectivity index (χ0v) is 13.6. The fraction of sp³-hybridized carbons (Fsp3) is 0.444. The van der Waals surface area contributed by atoms with Crippen molar-refractivity contribution in [3.05, 3.63) is 35.1 Å². The first-order valence-corrected chi connectivity index (χ1v) is 7.90. The predicted octanol–water partition coefficient (Wildman–Crippen LogP) is 3.37. The lowest BCUT2D eigenvalue weighted by molar-refractivity contribution is -0.143. The van der Waals surface area contributed by atoms with Gasteiger partial charge in [0.25, 0.3) is 5.91 Å². The molecule has 1 fully saturated rings. The quantitative estimate of drug-likeness (QED) is 0.922. The van der Waals surface area contributed by atoms with Gasteiger partial charge in [-0.2, -0.15) is 0 Å². The molecule has 2 unspecified atom stereocenters. The van der Waals surface area contributed by atoms with Crippen molar-refractivity contribution < 1.29 is 19.1 Å². The van der Waals surface area contributed by atoms with Gasteiger partial charge in [-0.1, -0.05) is 0 Å². The average molecular weight is 315 g/mol. The van der Waals surface area contributed by atoms with Crippen molar-refractivity contribution in [3.8, 4) is 0 Å². The maximum absolute atomic E-state index is 12.9. The fourth-order valence-corrected chi connectivity index (χ4v) is 3.20. The summed E-state index contributed by atoms with van der Waals surface area (Å²) in [6.45, 7) is 6.23. The number of aryl methyl sites for hydroxylation is 2. The van der Waals surface area contributed by atoms with Gasteiger partial charge in [-0.05, 0) is 56.9 Å². The molecule has 0 bridgehead atoms. The first kappa shape index (κ1) is 15.6. The molecule has 1 amide bonds. The van der Waals surface area contributed by atoms with Crippen molar-refractivity contribution in [1.82, 2.24) is 4.90 Å². The highest BCUT2D eigenvalue weighted by Gasteiger charge is 2.34. The molecule has 1 N–H and O–H groups in total. The van der Waals surface area contributed by atoms with Crippen molar-refractivity contribution in [2.24, 2.45) is 5.92 Å². The summed E-state index contributed by atoms with van der Waals surface area (Å²) in [4.78, 5) is 25.8. The summed E-state index contributed by atoms with van der Waals surface area (Å²) in [5, 5.41) is 10.0. The Hall–Kier alpha value is -2.30. The number of benzene rings is 1. The number of aliphatic carboxylic acids is 1. The number of carbonyl (C=O) groups is 2. The second-order valence-corrected chi connectivity index (χ2v) is 6.50. The number of piperidine rings is 1. The van der Waals surface area contributed by atoms with E-state index in [1.807, 2.05) is 32.9 Å². The van der Waals surface area contributed by atoms with E-state index in [0.29, 0.717) is 24.0 Å². The lowest BCUT2D eigenvalue weighted by atomic mass is 9.92. The van der Waals surface area contributed by atoms with Gasteiger partial charge in [0, 0.05) is 18.0 Å². The summed E-state index contributed by atoms with van der Waals surface area (Å²) in [5.74, 6) is -1.47. The van der Waals surface area contributed by atoms with Gasteiger partial charge in [0.15, 0.2) is 0 Å².